The predicted molar refractivity (Wildman–Crippen MR) is 97.5 cm³/mol. The maximum atomic E-state index is 13.0. The zero-order valence-corrected chi connectivity index (χ0v) is 14.6. The van der Waals surface area contributed by atoms with Crippen molar-refractivity contribution in [2.24, 2.45) is 0 Å². The number of amides is 1. The van der Waals surface area contributed by atoms with E-state index in [1.807, 2.05) is 18.2 Å². The number of hydrogen-bond donors (Lipinski definition) is 0. The van der Waals surface area contributed by atoms with Crippen LogP contribution in [-0.4, -0.2) is 47.2 Å². The van der Waals surface area contributed by atoms with Crippen LogP contribution in [0.25, 0.3) is 0 Å². The number of rotatable bonds is 3. The number of fused-ring (bicyclic) bond motifs is 1. The van der Waals surface area contributed by atoms with Gasteiger partial charge in [-0.1, -0.05) is 24.3 Å². The number of carbonyl (C=O) groups is 1. The van der Waals surface area contributed by atoms with Gasteiger partial charge in [0.1, 0.15) is 0 Å². The zero-order valence-electron chi connectivity index (χ0n) is 14.6. The lowest BCUT2D eigenvalue weighted by Gasteiger charge is -2.38. The highest BCUT2D eigenvalue weighted by Gasteiger charge is 2.34. The van der Waals surface area contributed by atoms with Crippen molar-refractivity contribution in [2.45, 2.75) is 37.6 Å². The highest BCUT2D eigenvalue weighted by atomic mass is 16.2. The number of hydrogen-bond acceptors (Lipinski definition) is 4. The SMILES string of the molecule is CN(c1cccnn1)C1CCN(C(=O)[C@@H]2CCc3ccccc32)CC1. The summed E-state index contributed by atoms with van der Waals surface area (Å²) >= 11 is 0. The highest BCUT2D eigenvalue weighted by Crippen LogP contribution is 2.35. The zero-order chi connectivity index (χ0) is 17.2. The van der Waals surface area contributed by atoms with Crippen LogP contribution in [0.3, 0.4) is 0 Å². The van der Waals surface area contributed by atoms with Crippen molar-refractivity contribution in [1.29, 1.82) is 0 Å². The molecule has 1 aliphatic carbocycles. The maximum Gasteiger partial charge on any atom is 0.230 e. The summed E-state index contributed by atoms with van der Waals surface area (Å²) in [7, 11) is 2.07. The first kappa shape index (κ1) is 16.1. The fourth-order valence-corrected chi connectivity index (χ4v) is 4.18. The number of carbonyl (C=O) groups excluding carboxylic acids is 1. The normalized spacial score (nSPS) is 20.4. The molecule has 2 aromatic rings. The molecular weight excluding hydrogens is 312 g/mol. The standard InChI is InChI=1S/C20H24N4O/c1-23(19-7-4-12-21-22-19)16-10-13-24(14-11-16)20(25)18-9-8-15-5-2-3-6-17(15)18/h2-7,12,16,18H,8-11,13-14H2,1H3/t18-/m1/s1. The van der Waals surface area contributed by atoms with E-state index in [-0.39, 0.29) is 5.92 Å². The summed E-state index contributed by atoms with van der Waals surface area (Å²) < 4.78 is 0. The van der Waals surface area contributed by atoms with E-state index in [1.165, 1.54) is 11.1 Å². The second-order valence-corrected chi connectivity index (χ2v) is 7.04. The van der Waals surface area contributed by atoms with Crippen LogP contribution in [0.2, 0.25) is 0 Å². The largest absolute Gasteiger partial charge is 0.355 e. The second kappa shape index (κ2) is 6.82. The van der Waals surface area contributed by atoms with Crippen molar-refractivity contribution in [3.8, 4) is 0 Å². The van der Waals surface area contributed by atoms with E-state index < -0.39 is 0 Å². The lowest BCUT2D eigenvalue weighted by molar-refractivity contribution is -0.133. The molecule has 130 valence electrons. The lowest BCUT2D eigenvalue weighted by Crippen LogP contribution is -2.47. The Hall–Kier alpha value is -2.43. The van der Waals surface area contributed by atoms with Gasteiger partial charge in [0.05, 0.1) is 5.92 Å². The summed E-state index contributed by atoms with van der Waals surface area (Å²) in [5.41, 5.74) is 2.59. The van der Waals surface area contributed by atoms with Gasteiger partial charge >= 0.3 is 0 Å². The summed E-state index contributed by atoms with van der Waals surface area (Å²) in [6.07, 6.45) is 5.63. The first-order valence-corrected chi connectivity index (χ1v) is 9.11. The molecule has 5 heteroatoms. The van der Waals surface area contributed by atoms with E-state index in [0.29, 0.717) is 11.9 Å². The molecule has 0 spiro atoms. The quantitative estimate of drug-likeness (QED) is 0.864. The van der Waals surface area contributed by atoms with Gasteiger partial charge in [0.2, 0.25) is 5.91 Å². The fraction of sp³-hybridized carbons (Fsp3) is 0.450. The molecule has 0 saturated carbocycles. The summed E-state index contributed by atoms with van der Waals surface area (Å²) in [5.74, 6) is 1.27. The monoisotopic (exact) mass is 336 g/mol. The molecule has 25 heavy (non-hydrogen) atoms. The van der Waals surface area contributed by atoms with Gasteiger partial charge in [0.15, 0.2) is 5.82 Å². The molecule has 1 aromatic carbocycles. The van der Waals surface area contributed by atoms with E-state index in [9.17, 15) is 4.79 Å². The van der Waals surface area contributed by atoms with E-state index in [4.69, 9.17) is 0 Å². The van der Waals surface area contributed by atoms with Gasteiger partial charge in [-0.2, -0.15) is 5.10 Å². The van der Waals surface area contributed by atoms with Crippen LogP contribution in [-0.2, 0) is 11.2 Å². The first-order valence-electron chi connectivity index (χ1n) is 9.11. The Bertz CT molecular complexity index is 740. The van der Waals surface area contributed by atoms with Gasteiger partial charge in [0, 0.05) is 32.4 Å². The minimum atomic E-state index is 0.0606. The number of aryl methyl sites for hydroxylation is 1. The first-order chi connectivity index (χ1) is 12.2. The van der Waals surface area contributed by atoms with Gasteiger partial charge in [-0.25, -0.2) is 0 Å². The van der Waals surface area contributed by atoms with E-state index in [2.05, 4.69) is 45.2 Å². The summed E-state index contributed by atoms with van der Waals surface area (Å²) in [5, 5.41) is 8.15. The number of piperidine rings is 1. The van der Waals surface area contributed by atoms with Crippen LogP contribution >= 0.6 is 0 Å². The lowest BCUT2D eigenvalue weighted by atomic mass is 9.97. The summed E-state index contributed by atoms with van der Waals surface area (Å²) in [6.45, 7) is 1.65. The van der Waals surface area contributed by atoms with Gasteiger partial charge in [-0.15, -0.1) is 5.10 Å². The molecule has 1 amide bonds. The number of anilines is 1. The van der Waals surface area contributed by atoms with Crippen LogP contribution in [0, 0.1) is 0 Å². The molecule has 0 radical (unpaired) electrons. The predicted octanol–water partition coefficient (Wildman–Crippen LogP) is 2.63. The molecule has 0 unspecified atom stereocenters. The molecule has 1 atom stereocenters. The molecule has 0 bridgehead atoms. The Labute approximate surface area is 148 Å². The maximum absolute atomic E-state index is 13.0. The molecule has 2 aliphatic rings. The Morgan fingerprint density at radius 1 is 1.12 bits per heavy atom. The van der Waals surface area contributed by atoms with Crippen molar-refractivity contribution in [2.75, 3.05) is 25.0 Å². The molecule has 4 rings (SSSR count). The summed E-state index contributed by atoms with van der Waals surface area (Å²) in [4.78, 5) is 17.3. The smallest absolute Gasteiger partial charge is 0.230 e. The molecule has 1 aromatic heterocycles. The Kier molecular flexibility index (Phi) is 4.38. The molecular formula is C20H24N4O. The number of benzene rings is 1. The van der Waals surface area contributed by atoms with Crippen LogP contribution in [0.15, 0.2) is 42.6 Å². The molecule has 1 saturated heterocycles. The van der Waals surface area contributed by atoms with Gasteiger partial charge in [0.25, 0.3) is 0 Å². The third kappa shape index (κ3) is 3.11. The minimum Gasteiger partial charge on any atom is -0.355 e. The van der Waals surface area contributed by atoms with E-state index in [1.54, 1.807) is 6.20 Å². The van der Waals surface area contributed by atoms with Crippen molar-refractivity contribution in [1.82, 2.24) is 15.1 Å². The Morgan fingerprint density at radius 3 is 2.68 bits per heavy atom. The molecule has 0 N–H and O–H groups in total. The number of likely N-dealkylation sites (tertiary alicyclic amines) is 1. The molecule has 2 heterocycles. The topological polar surface area (TPSA) is 49.3 Å². The molecule has 1 aliphatic heterocycles. The molecule has 1 fully saturated rings. The number of aromatic nitrogens is 2. The van der Waals surface area contributed by atoms with Gasteiger partial charge in [-0.05, 0) is 48.9 Å². The average Bonchev–Trinajstić information content (AvgIpc) is 3.12. The van der Waals surface area contributed by atoms with Crippen LogP contribution in [0.1, 0.15) is 36.3 Å². The minimum absolute atomic E-state index is 0.0606. The van der Waals surface area contributed by atoms with Crippen LogP contribution < -0.4 is 4.90 Å². The van der Waals surface area contributed by atoms with Crippen molar-refractivity contribution < 1.29 is 4.79 Å². The van der Waals surface area contributed by atoms with Gasteiger partial charge < -0.3 is 9.80 Å². The van der Waals surface area contributed by atoms with Crippen molar-refractivity contribution in [3.63, 3.8) is 0 Å². The van der Waals surface area contributed by atoms with Crippen molar-refractivity contribution in [3.05, 3.63) is 53.7 Å². The van der Waals surface area contributed by atoms with E-state index in [0.717, 1.165) is 44.6 Å². The highest BCUT2D eigenvalue weighted by molar-refractivity contribution is 5.85. The Morgan fingerprint density at radius 2 is 1.92 bits per heavy atom. The fourth-order valence-electron chi connectivity index (χ4n) is 4.18. The summed E-state index contributed by atoms with van der Waals surface area (Å²) in [6, 6.07) is 12.7. The van der Waals surface area contributed by atoms with Crippen LogP contribution in [0.4, 0.5) is 5.82 Å². The molecule has 5 nitrogen and oxygen atoms in total. The van der Waals surface area contributed by atoms with Crippen molar-refractivity contribution >= 4 is 11.7 Å². The second-order valence-electron chi connectivity index (χ2n) is 7.04. The van der Waals surface area contributed by atoms with Crippen LogP contribution in [0.5, 0.6) is 0 Å². The Balaban J connectivity index is 1.38. The van der Waals surface area contributed by atoms with Gasteiger partial charge in [-0.3, -0.25) is 4.79 Å². The number of nitrogens with zero attached hydrogens (tertiary/aromatic N) is 4. The average molecular weight is 336 g/mol. The third-order valence-corrected chi connectivity index (χ3v) is 5.67. The third-order valence-electron chi connectivity index (χ3n) is 5.67. The van der Waals surface area contributed by atoms with E-state index >= 15 is 0 Å².